The van der Waals surface area contributed by atoms with E-state index >= 15 is 0 Å². The topological polar surface area (TPSA) is 66.6 Å². The van der Waals surface area contributed by atoms with Crippen LogP contribution >= 0.6 is 12.4 Å². The lowest BCUT2D eigenvalue weighted by molar-refractivity contribution is 0.230. The van der Waals surface area contributed by atoms with Crippen LogP contribution in [0.25, 0.3) is 0 Å². The molecule has 2 aliphatic heterocycles. The quantitative estimate of drug-likeness (QED) is 0.880. The van der Waals surface area contributed by atoms with E-state index in [2.05, 4.69) is 6.07 Å². The summed E-state index contributed by atoms with van der Waals surface area (Å²) in [4.78, 5) is 0. The maximum atomic E-state index is 12.8. The molecule has 0 aromatic heterocycles. The van der Waals surface area contributed by atoms with Crippen molar-refractivity contribution in [1.82, 2.24) is 8.61 Å². The van der Waals surface area contributed by atoms with E-state index in [1.165, 1.54) is 5.56 Å². The first kappa shape index (κ1) is 17.7. The maximum absolute atomic E-state index is 12.8. The van der Waals surface area contributed by atoms with Crippen LogP contribution in [-0.4, -0.2) is 42.7 Å². The molecular formula is C15H24ClN3O2S. The normalized spacial score (nSPS) is 27.0. The lowest BCUT2D eigenvalue weighted by Crippen LogP contribution is -2.53. The van der Waals surface area contributed by atoms with Crippen molar-refractivity contribution in [1.29, 1.82) is 0 Å². The zero-order valence-corrected chi connectivity index (χ0v) is 14.4. The Morgan fingerprint density at radius 1 is 1.14 bits per heavy atom. The third-order valence-electron chi connectivity index (χ3n) is 4.68. The molecule has 3 rings (SSSR count). The highest BCUT2D eigenvalue weighted by Gasteiger charge is 2.36. The van der Waals surface area contributed by atoms with E-state index in [0.717, 1.165) is 18.4 Å². The molecule has 0 saturated carbocycles. The van der Waals surface area contributed by atoms with Gasteiger partial charge in [-0.15, -0.1) is 12.4 Å². The van der Waals surface area contributed by atoms with Crippen LogP contribution < -0.4 is 5.73 Å². The number of hydrogen-bond donors (Lipinski definition) is 1. The van der Waals surface area contributed by atoms with Gasteiger partial charge in [-0.1, -0.05) is 31.2 Å². The van der Waals surface area contributed by atoms with E-state index in [4.69, 9.17) is 5.73 Å². The van der Waals surface area contributed by atoms with Crippen LogP contribution in [-0.2, 0) is 23.2 Å². The van der Waals surface area contributed by atoms with Crippen LogP contribution in [0.15, 0.2) is 24.3 Å². The Balaban J connectivity index is 0.00000176. The van der Waals surface area contributed by atoms with E-state index in [1.807, 2.05) is 25.1 Å². The fraction of sp³-hybridized carbons (Fsp3) is 0.600. The highest BCUT2D eigenvalue weighted by atomic mass is 35.5. The van der Waals surface area contributed by atoms with Gasteiger partial charge in [0.15, 0.2) is 0 Å². The molecule has 5 nitrogen and oxygen atoms in total. The molecule has 0 spiro atoms. The Morgan fingerprint density at radius 3 is 2.50 bits per heavy atom. The summed E-state index contributed by atoms with van der Waals surface area (Å²) in [7, 11) is -3.37. The van der Waals surface area contributed by atoms with E-state index in [1.54, 1.807) is 8.61 Å². The molecule has 2 N–H and O–H groups in total. The van der Waals surface area contributed by atoms with E-state index < -0.39 is 10.2 Å². The van der Waals surface area contributed by atoms with Gasteiger partial charge in [0.2, 0.25) is 0 Å². The molecule has 1 fully saturated rings. The third-order valence-corrected chi connectivity index (χ3v) is 6.63. The van der Waals surface area contributed by atoms with Crippen LogP contribution in [0.2, 0.25) is 0 Å². The molecule has 1 saturated heterocycles. The Kier molecular flexibility index (Phi) is 5.50. The maximum Gasteiger partial charge on any atom is 0.282 e. The van der Waals surface area contributed by atoms with Gasteiger partial charge in [0.1, 0.15) is 0 Å². The zero-order valence-electron chi connectivity index (χ0n) is 12.8. The van der Waals surface area contributed by atoms with Crippen molar-refractivity contribution in [2.24, 2.45) is 11.7 Å². The summed E-state index contributed by atoms with van der Waals surface area (Å²) in [5, 5.41) is 0. The summed E-state index contributed by atoms with van der Waals surface area (Å²) >= 11 is 0. The molecule has 124 valence electrons. The summed E-state index contributed by atoms with van der Waals surface area (Å²) in [6.07, 6.45) is 1.53. The lowest BCUT2D eigenvalue weighted by atomic mass is 9.96. The van der Waals surface area contributed by atoms with Crippen molar-refractivity contribution in [2.45, 2.75) is 32.4 Å². The monoisotopic (exact) mass is 345 g/mol. The number of fused-ring (bicyclic) bond motifs is 1. The summed E-state index contributed by atoms with van der Waals surface area (Å²) in [5.41, 5.74) is 8.37. The van der Waals surface area contributed by atoms with Gasteiger partial charge >= 0.3 is 0 Å². The van der Waals surface area contributed by atoms with Crippen LogP contribution in [0.4, 0.5) is 0 Å². The van der Waals surface area contributed by atoms with E-state index in [-0.39, 0.29) is 24.4 Å². The second-order valence-electron chi connectivity index (χ2n) is 6.15. The second kappa shape index (κ2) is 6.84. The molecule has 7 heteroatoms. The molecule has 2 heterocycles. The average Bonchev–Trinajstić information content (AvgIpc) is 2.49. The highest BCUT2D eigenvalue weighted by molar-refractivity contribution is 7.86. The summed E-state index contributed by atoms with van der Waals surface area (Å²) in [6, 6.07) is 8.19. The fourth-order valence-corrected chi connectivity index (χ4v) is 4.88. The van der Waals surface area contributed by atoms with Crippen molar-refractivity contribution in [3.05, 3.63) is 35.4 Å². The average molecular weight is 346 g/mol. The fourth-order valence-electron chi connectivity index (χ4n) is 3.17. The van der Waals surface area contributed by atoms with Gasteiger partial charge in [-0.25, -0.2) is 0 Å². The Hall–Kier alpha value is -0.660. The molecule has 22 heavy (non-hydrogen) atoms. The molecule has 0 amide bonds. The molecule has 2 atom stereocenters. The molecule has 0 aliphatic carbocycles. The number of nitrogens with two attached hydrogens (primary N) is 1. The van der Waals surface area contributed by atoms with Crippen molar-refractivity contribution in [3.63, 3.8) is 0 Å². The first-order valence-corrected chi connectivity index (χ1v) is 8.96. The third kappa shape index (κ3) is 3.31. The van der Waals surface area contributed by atoms with Crippen LogP contribution in [0, 0.1) is 5.92 Å². The molecule has 0 radical (unpaired) electrons. The molecule has 1 aromatic carbocycles. The van der Waals surface area contributed by atoms with Gasteiger partial charge in [0.25, 0.3) is 10.2 Å². The highest BCUT2D eigenvalue weighted by Crippen LogP contribution is 2.25. The number of hydrogen-bond acceptors (Lipinski definition) is 3. The van der Waals surface area contributed by atoms with E-state index in [0.29, 0.717) is 26.2 Å². The first-order chi connectivity index (χ1) is 9.98. The summed E-state index contributed by atoms with van der Waals surface area (Å²) in [5.74, 6) is 0.214. The van der Waals surface area contributed by atoms with Gasteiger partial charge in [0, 0.05) is 32.2 Å². The lowest BCUT2D eigenvalue weighted by Gasteiger charge is -2.38. The summed E-state index contributed by atoms with van der Waals surface area (Å²) in [6.45, 7) is 4.14. The molecule has 2 aliphatic rings. The van der Waals surface area contributed by atoms with Gasteiger partial charge < -0.3 is 5.73 Å². The molecular weight excluding hydrogens is 322 g/mol. The van der Waals surface area contributed by atoms with Crippen molar-refractivity contribution in [2.75, 3.05) is 19.6 Å². The van der Waals surface area contributed by atoms with Gasteiger partial charge in [-0.3, -0.25) is 0 Å². The molecule has 0 bridgehead atoms. The van der Waals surface area contributed by atoms with Crippen molar-refractivity contribution in [3.8, 4) is 0 Å². The largest absolute Gasteiger partial charge is 0.327 e. The summed E-state index contributed by atoms with van der Waals surface area (Å²) < 4.78 is 28.8. The van der Waals surface area contributed by atoms with Crippen LogP contribution in [0.3, 0.4) is 0 Å². The van der Waals surface area contributed by atoms with Gasteiger partial charge in [-0.2, -0.15) is 17.0 Å². The number of rotatable bonds is 2. The number of benzene rings is 1. The molecule has 2 unspecified atom stereocenters. The molecule has 1 aromatic rings. The smallest absolute Gasteiger partial charge is 0.282 e. The van der Waals surface area contributed by atoms with E-state index in [9.17, 15) is 8.42 Å². The minimum atomic E-state index is -3.37. The zero-order chi connectivity index (χ0) is 15.0. The Morgan fingerprint density at radius 2 is 1.82 bits per heavy atom. The van der Waals surface area contributed by atoms with Crippen molar-refractivity contribution >= 4 is 22.6 Å². The van der Waals surface area contributed by atoms with Gasteiger partial charge in [-0.05, 0) is 29.9 Å². The standard InChI is InChI=1S/C15H23N3O2S.ClH/c1-12-10-17(9-7-15(12)16)21(19,20)18-8-6-13-4-2-3-5-14(13)11-18;/h2-5,12,15H,6-11,16H2,1H3;1H. The number of halogens is 1. The number of piperidine rings is 1. The second-order valence-corrected chi connectivity index (χ2v) is 8.08. The predicted octanol–water partition coefficient (Wildman–Crippen LogP) is 1.38. The minimum Gasteiger partial charge on any atom is -0.327 e. The van der Waals surface area contributed by atoms with Crippen LogP contribution in [0.5, 0.6) is 0 Å². The number of nitrogens with zero attached hydrogens (tertiary/aromatic N) is 2. The predicted molar refractivity (Wildman–Crippen MR) is 90.1 cm³/mol. The minimum absolute atomic E-state index is 0. The van der Waals surface area contributed by atoms with Crippen molar-refractivity contribution < 1.29 is 8.42 Å². The Bertz CT molecular complexity index is 623. The Labute approximate surface area is 139 Å². The van der Waals surface area contributed by atoms with Crippen LogP contribution in [0.1, 0.15) is 24.5 Å². The first-order valence-electron chi connectivity index (χ1n) is 7.56. The van der Waals surface area contributed by atoms with Gasteiger partial charge in [0.05, 0.1) is 0 Å². The SMILES string of the molecule is CC1CN(S(=O)(=O)N2CCc3ccccc3C2)CCC1N.Cl.